The standard InChI is InChI=1S/C24H28O6/c1-15(2)29-22-9-7-17(11-16(22)8-10-23(26)27)24(28)18-12-19(25)14-21(13-18)30-20-5-3-4-6-20/h7,9,11-15,20,25H,3-6,8,10H2,1-2H3,(H,26,27)/i10D,13D,14D. The number of hydrogen-bond donors (Lipinski definition) is 2. The fourth-order valence-corrected chi connectivity index (χ4v) is 3.43. The molecule has 0 saturated heterocycles. The molecule has 1 aliphatic carbocycles. The zero-order chi connectivity index (χ0) is 24.3. The predicted molar refractivity (Wildman–Crippen MR) is 113 cm³/mol. The van der Waals surface area contributed by atoms with E-state index in [-0.39, 0.29) is 47.6 Å². The van der Waals surface area contributed by atoms with E-state index in [1.807, 2.05) is 13.8 Å². The Morgan fingerprint density at radius 2 is 1.93 bits per heavy atom. The molecule has 6 nitrogen and oxygen atoms in total. The number of rotatable bonds is 9. The number of aromatic hydroxyl groups is 1. The van der Waals surface area contributed by atoms with Crippen LogP contribution in [0, 0.1) is 0 Å². The zero-order valence-corrected chi connectivity index (χ0v) is 17.1. The van der Waals surface area contributed by atoms with Gasteiger partial charge < -0.3 is 19.7 Å². The molecule has 2 aromatic rings. The Kier molecular flexibility index (Phi) is 5.73. The first-order chi connectivity index (χ1) is 15.6. The van der Waals surface area contributed by atoms with Crippen LogP contribution >= 0.6 is 0 Å². The average Bonchev–Trinajstić information content (AvgIpc) is 3.27. The van der Waals surface area contributed by atoms with Crippen molar-refractivity contribution in [1.82, 2.24) is 0 Å². The maximum absolute atomic E-state index is 13.3. The Labute approximate surface area is 180 Å². The van der Waals surface area contributed by atoms with Gasteiger partial charge in [0.15, 0.2) is 5.78 Å². The van der Waals surface area contributed by atoms with Crippen molar-refractivity contribution in [2.75, 3.05) is 0 Å². The molecule has 0 amide bonds. The Hall–Kier alpha value is -3.02. The van der Waals surface area contributed by atoms with E-state index >= 15 is 0 Å². The van der Waals surface area contributed by atoms with E-state index in [1.165, 1.54) is 18.2 Å². The maximum Gasteiger partial charge on any atom is 0.303 e. The van der Waals surface area contributed by atoms with Gasteiger partial charge in [-0.25, -0.2) is 0 Å². The highest BCUT2D eigenvalue weighted by atomic mass is 16.5. The number of aryl methyl sites for hydroxylation is 1. The predicted octanol–water partition coefficient (Wildman–Crippen LogP) is 4.75. The normalized spacial score (nSPS) is 16.6. The van der Waals surface area contributed by atoms with E-state index in [9.17, 15) is 14.7 Å². The molecule has 1 aliphatic rings. The Morgan fingerprint density at radius 3 is 2.60 bits per heavy atom. The summed E-state index contributed by atoms with van der Waals surface area (Å²) in [5, 5.41) is 19.4. The maximum atomic E-state index is 13.3. The van der Waals surface area contributed by atoms with Crippen LogP contribution in [0.4, 0.5) is 0 Å². The van der Waals surface area contributed by atoms with Gasteiger partial charge in [0, 0.05) is 24.9 Å². The van der Waals surface area contributed by atoms with Gasteiger partial charge in [-0.2, -0.15) is 0 Å². The van der Waals surface area contributed by atoms with Crippen LogP contribution in [0.3, 0.4) is 0 Å². The van der Waals surface area contributed by atoms with Crippen molar-refractivity contribution in [3.05, 3.63) is 53.0 Å². The summed E-state index contributed by atoms with van der Waals surface area (Å²) >= 11 is 0. The number of carboxylic acids is 1. The molecule has 0 spiro atoms. The molecule has 2 aromatic carbocycles. The number of ketones is 1. The van der Waals surface area contributed by atoms with Gasteiger partial charge in [0.25, 0.3) is 0 Å². The van der Waals surface area contributed by atoms with Crippen molar-refractivity contribution in [3.63, 3.8) is 0 Å². The molecule has 160 valence electrons. The number of hydrogen-bond acceptors (Lipinski definition) is 5. The summed E-state index contributed by atoms with van der Waals surface area (Å²) in [4.78, 5) is 24.5. The van der Waals surface area contributed by atoms with Crippen LogP contribution in [-0.4, -0.2) is 34.2 Å². The summed E-state index contributed by atoms with van der Waals surface area (Å²) in [7, 11) is 0. The van der Waals surface area contributed by atoms with Crippen molar-refractivity contribution in [2.45, 2.75) is 64.6 Å². The van der Waals surface area contributed by atoms with Gasteiger partial charge in [0.1, 0.15) is 17.2 Å². The minimum absolute atomic E-state index is 0.123. The molecule has 1 unspecified atom stereocenters. The molecule has 0 aliphatic heterocycles. The number of carboxylic acid groups (broad SMARTS) is 1. The van der Waals surface area contributed by atoms with Crippen LogP contribution in [0.2, 0.25) is 0 Å². The third-order valence-electron chi connectivity index (χ3n) is 4.78. The molecule has 0 radical (unpaired) electrons. The number of aliphatic carboxylic acids is 1. The average molecular weight is 416 g/mol. The number of carbonyl (C=O) groups is 2. The highest BCUT2D eigenvalue weighted by molar-refractivity contribution is 6.09. The smallest absolute Gasteiger partial charge is 0.303 e. The summed E-state index contributed by atoms with van der Waals surface area (Å²) < 4.78 is 35.9. The van der Waals surface area contributed by atoms with Crippen molar-refractivity contribution in [3.8, 4) is 17.2 Å². The Morgan fingerprint density at radius 1 is 1.20 bits per heavy atom. The SMILES string of the molecule is [2H]c1c(O)cc(C(=O)c2ccc(OC(C)C)c(CC([2H])C(=O)O)c2)c([2H])c1OC1CCCC1. The Bertz CT molecular complexity index is 1050. The molecule has 0 heterocycles. The van der Waals surface area contributed by atoms with E-state index in [4.69, 9.17) is 18.7 Å². The summed E-state index contributed by atoms with van der Waals surface area (Å²) in [6.07, 6.45) is 1.58. The van der Waals surface area contributed by atoms with Crippen molar-refractivity contribution in [1.29, 1.82) is 0 Å². The number of phenols is 1. The quantitative estimate of drug-likeness (QED) is 0.574. The lowest BCUT2D eigenvalue weighted by atomic mass is 9.98. The third kappa shape index (κ3) is 5.75. The van der Waals surface area contributed by atoms with Crippen LogP contribution in [-0.2, 0) is 11.2 Å². The van der Waals surface area contributed by atoms with Crippen LogP contribution in [0.15, 0.2) is 36.4 Å². The summed E-state index contributed by atoms with van der Waals surface area (Å²) in [5.41, 5.74) is 0.406. The lowest BCUT2D eigenvalue weighted by Crippen LogP contribution is -2.12. The molecule has 2 N–H and O–H groups in total. The second-order valence-electron chi connectivity index (χ2n) is 7.61. The zero-order valence-electron chi connectivity index (χ0n) is 20.1. The van der Waals surface area contributed by atoms with Crippen LogP contribution < -0.4 is 9.47 Å². The highest BCUT2D eigenvalue weighted by Gasteiger charge is 2.19. The molecular formula is C24H28O6. The van der Waals surface area contributed by atoms with Gasteiger partial charge in [-0.3, -0.25) is 9.59 Å². The number of carbonyl (C=O) groups excluding carboxylic acids is 1. The first kappa shape index (κ1) is 17.8. The van der Waals surface area contributed by atoms with E-state index < -0.39 is 23.9 Å². The summed E-state index contributed by atoms with van der Waals surface area (Å²) in [6.45, 7) is 3.61. The molecule has 1 fully saturated rings. The lowest BCUT2D eigenvalue weighted by molar-refractivity contribution is -0.136. The fourth-order valence-electron chi connectivity index (χ4n) is 3.43. The van der Waals surface area contributed by atoms with Gasteiger partial charge in [-0.05, 0) is 81.8 Å². The van der Waals surface area contributed by atoms with Gasteiger partial charge in [0.05, 0.1) is 14.9 Å². The minimum Gasteiger partial charge on any atom is -0.508 e. The molecule has 0 bridgehead atoms. The van der Waals surface area contributed by atoms with E-state index in [0.29, 0.717) is 11.3 Å². The van der Waals surface area contributed by atoms with Crippen molar-refractivity contribution in [2.24, 2.45) is 0 Å². The van der Waals surface area contributed by atoms with Crippen LogP contribution in [0.1, 0.15) is 71.5 Å². The number of ether oxygens (including phenoxy) is 2. The molecule has 3 rings (SSSR count). The van der Waals surface area contributed by atoms with Gasteiger partial charge in [-0.1, -0.05) is 0 Å². The highest BCUT2D eigenvalue weighted by Crippen LogP contribution is 2.30. The summed E-state index contributed by atoms with van der Waals surface area (Å²) in [5.74, 6) is -2.08. The topological polar surface area (TPSA) is 93.1 Å². The second kappa shape index (κ2) is 9.65. The van der Waals surface area contributed by atoms with Crippen LogP contribution in [0.25, 0.3) is 0 Å². The number of benzene rings is 2. The molecule has 0 aromatic heterocycles. The monoisotopic (exact) mass is 415 g/mol. The second-order valence-corrected chi connectivity index (χ2v) is 7.61. The molecule has 30 heavy (non-hydrogen) atoms. The third-order valence-corrected chi connectivity index (χ3v) is 4.78. The fraction of sp³-hybridized carbons (Fsp3) is 0.417. The first-order valence-electron chi connectivity index (χ1n) is 11.6. The molecule has 1 atom stereocenters. The molecule has 1 saturated carbocycles. The van der Waals surface area contributed by atoms with E-state index in [0.717, 1.165) is 31.7 Å². The van der Waals surface area contributed by atoms with Gasteiger partial charge in [-0.15, -0.1) is 0 Å². The van der Waals surface area contributed by atoms with Crippen LogP contribution in [0.5, 0.6) is 17.2 Å². The largest absolute Gasteiger partial charge is 0.508 e. The van der Waals surface area contributed by atoms with Gasteiger partial charge >= 0.3 is 5.97 Å². The van der Waals surface area contributed by atoms with Crippen molar-refractivity contribution < 1.29 is 33.4 Å². The molecular weight excluding hydrogens is 384 g/mol. The lowest BCUT2D eigenvalue weighted by Gasteiger charge is -2.16. The Balaban J connectivity index is 2.00. The van der Waals surface area contributed by atoms with Crippen molar-refractivity contribution >= 4 is 11.8 Å². The minimum atomic E-state index is -1.44. The van der Waals surface area contributed by atoms with E-state index in [1.54, 1.807) is 0 Å². The van der Waals surface area contributed by atoms with E-state index in [2.05, 4.69) is 0 Å². The summed E-state index contributed by atoms with van der Waals surface area (Å²) in [6, 6.07) is 4.96. The molecule has 6 heteroatoms. The van der Waals surface area contributed by atoms with Gasteiger partial charge in [0.2, 0.25) is 0 Å². The first-order valence-corrected chi connectivity index (χ1v) is 10.1. The number of phenolic OH excluding ortho intramolecular Hbond substituents is 1.